The van der Waals surface area contributed by atoms with Crippen molar-refractivity contribution in [2.45, 2.75) is 12.9 Å². The van der Waals surface area contributed by atoms with Crippen molar-refractivity contribution < 1.29 is 26.3 Å². The Bertz CT molecular complexity index is 517. The number of nitrogens with two attached hydrogens (primary N) is 1. The normalized spacial score (nSPS) is 12.4. The predicted molar refractivity (Wildman–Crippen MR) is 62.8 cm³/mol. The molecule has 1 aromatic rings. The molecule has 19 heavy (non-hydrogen) atoms. The second kappa shape index (κ2) is 6.22. The lowest BCUT2D eigenvalue weighted by atomic mass is 10.2. The molecule has 0 aliphatic heterocycles. The lowest BCUT2D eigenvalue weighted by Crippen LogP contribution is -2.26. The van der Waals surface area contributed by atoms with E-state index in [0.29, 0.717) is 5.56 Å². The molecule has 0 radical (unpaired) electrons. The summed E-state index contributed by atoms with van der Waals surface area (Å²) < 4.78 is 61.0. The van der Waals surface area contributed by atoms with Crippen LogP contribution in [0.1, 0.15) is 5.56 Å². The molecule has 108 valence electrons. The van der Waals surface area contributed by atoms with E-state index in [1.807, 2.05) is 0 Å². The van der Waals surface area contributed by atoms with Crippen LogP contribution in [0.3, 0.4) is 0 Å². The van der Waals surface area contributed by atoms with Crippen LogP contribution in [0.2, 0.25) is 0 Å². The van der Waals surface area contributed by atoms with E-state index in [1.165, 1.54) is 18.2 Å². The third-order valence-electron chi connectivity index (χ3n) is 2.02. The molecule has 0 saturated carbocycles. The summed E-state index contributed by atoms with van der Waals surface area (Å²) in [6.07, 6.45) is -4.74. The number of primary sulfonamides is 1. The fourth-order valence-corrected chi connectivity index (χ4v) is 1.73. The standard InChI is InChI=1S/C10H13F3N2O3S/c11-10(12,13)18-9-3-1-2-8(6-9)7-15-4-5-19(14,16)17/h1-3,6,15H,4-5,7H2,(H2,14,16,17). The Morgan fingerprint density at radius 1 is 1.32 bits per heavy atom. The number of halogens is 3. The maximum atomic E-state index is 12.0. The molecule has 1 rings (SSSR count). The summed E-state index contributed by atoms with van der Waals surface area (Å²) in [5, 5.41) is 7.55. The second-order valence-corrected chi connectivity index (χ2v) is 5.47. The van der Waals surface area contributed by atoms with E-state index >= 15 is 0 Å². The molecule has 0 heterocycles. The lowest BCUT2D eigenvalue weighted by Gasteiger charge is -2.10. The van der Waals surface area contributed by atoms with E-state index < -0.39 is 16.4 Å². The van der Waals surface area contributed by atoms with Crippen molar-refractivity contribution in [3.63, 3.8) is 0 Å². The number of nitrogens with one attached hydrogen (secondary N) is 1. The number of hydrogen-bond donors (Lipinski definition) is 2. The molecule has 9 heteroatoms. The van der Waals surface area contributed by atoms with Gasteiger partial charge >= 0.3 is 6.36 Å². The summed E-state index contributed by atoms with van der Waals surface area (Å²) in [6.45, 7) is 0.327. The van der Waals surface area contributed by atoms with Crippen molar-refractivity contribution in [2.75, 3.05) is 12.3 Å². The highest BCUT2D eigenvalue weighted by molar-refractivity contribution is 7.89. The Kier molecular flexibility index (Phi) is 5.15. The molecule has 0 aliphatic carbocycles. The fourth-order valence-electron chi connectivity index (χ4n) is 1.30. The van der Waals surface area contributed by atoms with Crippen LogP contribution in [0.4, 0.5) is 13.2 Å². The van der Waals surface area contributed by atoms with Gasteiger partial charge in [-0.1, -0.05) is 12.1 Å². The first-order chi connectivity index (χ1) is 8.66. The van der Waals surface area contributed by atoms with Crippen molar-refractivity contribution in [3.8, 4) is 5.75 Å². The monoisotopic (exact) mass is 298 g/mol. The first-order valence-corrected chi connectivity index (χ1v) is 6.93. The maximum absolute atomic E-state index is 12.0. The van der Waals surface area contributed by atoms with E-state index in [9.17, 15) is 21.6 Å². The van der Waals surface area contributed by atoms with Gasteiger partial charge in [0.15, 0.2) is 0 Å². The quantitative estimate of drug-likeness (QED) is 0.767. The lowest BCUT2D eigenvalue weighted by molar-refractivity contribution is -0.274. The van der Waals surface area contributed by atoms with Crippen molar-refractivity contribution in [3.05, 3.63) is 29.8 Å². The van der Waals surface area contributed by atoms with Crippen LogP contribution in [-0.2, 0) is 16.6 Å². The second-order valence-electron chi connectivity index (χ2n) is 3.74. The smallest absolute Gasteiger partial charge is 0.406 e. The molecule has 0 amide bonds. The molecule has 1 aromatic carbocycles. The number of rotatable bonds is 6. The van der Waals surface area contributed by atoms with Gasteiger partial charge in [0.2, 0.25) is 10.0 Å². The Morgan fingerprint density at radius 3 is 2.58 bits per heavy atom. The Labute approximate surface area is 108 Å². The number of sulfonamides is 1. The SMILES string of the molecule is NS(=O)(=O)CCNCc1cccc(OC(F)(F)F)c1. The molecular weight excluding hydrogens is 285 g/mol. The minimum Gasteiger partial charge on any atom is -0.406 e. The van der Waals surface area contributed by atoms with Gasteiger partial charge in [-0.15, -0.1) is 13.2 Å². The molecule has 0 spiro atoms. The molecule has 0 aliphatic rings. The van der Waals surface area contributed by atoms with E-state index in [2.05, 4.69) is 10.1 Å². The van der Waals surface area contributed by atoms with E-state index in [1.54, 1.807) is 6.07 Å². The Morgan fingerprint density at radius 2 is 2.00 bits per heavy atom. The molecule has 0 bridgehead atoms. The highest BCUT2D eigenvalue weighted by atomic mass is 32.2. The molecule has 0 unspecified atom stereocenters. The molecule has 0 fully saturated rings. The number of ether oxygens (including phenoxy) is 1. The maximum Gasteiger partial charge on any atom is 0.573 e. The van der Waals surface area contributed by atoms with Gasteiger partial charge in [-0.05, 0) is 17.7 Å². The Balaban J connectivity index is 2.49. The van der Waals surface area contributed by atoms with Crippen molar-refractivity contribution >= 4 is 10.0 Å². The highest BCUT2D eigenvalue weighted by Gasteiger charge is 2.31. The van der Waals surface area contributed by atoms with Crippen molar-refractivity contribution in [2.24, 2.45) is 5.14 Å². The third kappa shape index (κ3) is 7.65. The number of benzene rings is 1. The minimum absolute atomic E-state index is 0.114. The van der Waals surface area contributed by atoms with Gasteiger partial charge in [-0.25, -0.2) is 13.6 Å². The molecule has 0 aromatic heterocycles. The van der Waals surface area contributed by atoms with Crippen LogP contribution in [0.15, 0.2) is 24.3 Å². The van der Waals surface area contributed by atoms with Gasteiger partial charge in [0.05, 0.1) is 5.75 Å². The van der Waals surface area contributed by atoms with Gasteiger partial charge in [0, 0.05) is 13.1 Å². The molecular formula is C10H13F3N2O3S. The van der Waals surface area contributed by atoms with Gasteiger partial charge < -0.3 is 10.1 Å². The third-order valence-corrected chi connectivity index (χ3v) is 2.80. The average molecular weight is 298 g/mol. The molecule has 0 saturated heterocycles. The van der Waals surface area contributed by atoms with Crippen LogP contribution in [0.5, 0.6) is 5.75 Å². The summed E-state index contributed by atoms with van der Waals surface area (Å²) in [5.74, 6) is -0.565. The number of alkyl halides is 3. The summed E-state index contributed by atoms with van der Waals surface area (Å²) in [5.41, 5.74) is 0.538. The fraction of sp³-hybridized carbons (Fsp3) is 0.400. The largest absolute Gasteiger partial charge is 0.573 e. The molecule has 5 nitrogen and oxygen atoms in total. The van der Waals surface area contributed by atoms with Gasteiger partial charge in [0.1, 0.15) is 5.75 Å². The highest BCUT2D eigenvalue weighted by Crippen LogP contribution is 2.23. The average Bonchev–Trinajstić information content (AvgIpc) is 2.21. The molecule has 3 N–H and O–H groups in total. The van der Waals surface area contributed by atoms with E-state index in [4.69, 9.17) is 5.14 Å². The first kappa shape index (κ1) is 15.7. The topological polar surface area (TPSA) is 81.4 Å². The van der Waals surface area contributed by atoms with Crippen LogP contribution in [0.25, 0.3) is 0 Å². The van der Waals surface area contributed by atoms with Crippen molar-refractivity contribution in [1.82, 2.24) is 5.32 Å². The van der Waals surface area contributed by atoms with Gasteiger partial charge in [-0.2, -0.15) is 0 Å². The Hall–Kier alpha value is -1.32. The van der Waals surface area contributed by atoms with E-state index in [0.717, 1.165) is 0 Å². The zero-order valence-electron chi connectivity index (χ0n) is 9.77. The summed E-state index contributed by atoms with van der Waals surface area (Å²) in [6, 6.07) is 5.41. The zero-order valence-corrected chi connectivity index (χ0v) is 10.6. The molecule has 0 atom stereocenters. The first-order valence-electron chi connectivity index (χ1n) is 5.21. The van der Waals surface area contributed by atoms with Gasteiger partial charge in [0.25, 0.3) is 0 Å². The van der Waals surface area contributed by atoms with Crippen LogP contribution in [0, 0.1) is 0 Å². The summed E-state index contributed by atoms with van der Waals surface area (Å²) in [4.78, 5) is 0. The van der Waals surface area contributed by atoms with Crippen molar-refractivity contribution in [1.29, 1.82) is 0 Å². The zero-order chi connectivity index (χ0) is 14.5. The van der Waals surface area contributed by atoms with Gasteiger partial charge in [-0.3, -0.25) is 0 Å². The van der Waals surface area contributed by atoms with E-state index in [-0.39, 0.29) is 24.6 Å². The number of hydrogen-bond acceptors (Lipinski definition) is 4. The van der Waals surface area contributed by atoms with Crippen LogP contribution in [-0.4, -0.2) is 27.1 Å². The summed E-state index contributed by atoms with van der Waals surface area (Å²) in [7, 11) is -3.55. The minimum atomic E-state index is -4.74. The van der Waals surface area contributed by atoms with Crippen LogP contribution >= 0.6 is 0 Å². The van der Waals surface area contributed by atoms with Crippen LogP contribution < -0.4 is 15.2 Å². The predicted octanol–water partition coefficient (Wildman–Crippen LogP) is 0.963. The summed E-state index contributed by atoms with van der Waals surface area (Å²) >= 11 is 0.